The SMILES string of the molecule is Cc1cc(C2COC(C)CN2)ccc1OC(C)C. The number of benzene rings is 1. The van der Waals surface area contributed by atoms with Gasteiger partial charge in [0.2, 0.25) is 0 Å². The monoisotopic (exact) mass is 249 g/mol. The van der Waals surface area contributed by atoms with Crippen LogP contribution in [-0.2, 0) is 4.74 Å². The van der Waals surface area contributed by atoms with Crippen molar-refractivity contribution in [1.82, 2.24) is 5.32 Å². The highest BCUT2D eigenvalue weighted by molar-refractivity contribution is 5.37. The average molecular weight is 249 g/mol. The quantitative estimate of drug-likeness (QED) is 0.893. The Morgan fingerprint density at radius 3 is 2.72 bits per heavy atom. The third kappa shape index (κ3) is 3.24. The summed E-state index contributed by atoms with van der Waals surface area (Å²) in [7, 11) is 0. The van der Waals surface area contributed by atoms with E-state index in [0.717, 1.165) is 18.9 Å². The van der Waals surface area contributed by atoms with E-state index in [2.05, 4.69) is 37.4 Å². The van der Waals surface area contributed by atoms with E-state index in [-0.39, 0.29) is 6.10 Å². The van der Waals surface area contributed by atoms with E-state index >= 15 is 0 Å². The van der Waals surface area contributed by atoms with Crippen molar-refractivity contribution in [2.24, 2.45) is 0 Å². The first-order chi connectivity index (χ1) is 8.56. The molecule has 3 heteroatoms. The van der Waals surface area contributed by atoms with Gasteiger partial charge in [0.1, 0.15) is 5.75 Å². The van der Waals surface area contributed by atoms with E-state index in [0.29, 0.717) is 12.1 Å². The Bertz CT molecular complexity index is 395. The van der Waals surface area contributed by atoms with Gasteiger partial charge in [0.05, 0.1) is 24.9 Å². The van der Waals surface area contributed by atoms with Gasteiger partial charge in [-0.1, -0.05) is 12.1 Å². The maximum absolute atomic E-state index is 5.75. The smallest absolute Gasteiger partial charge is 0.122 e. The molecular formula is C15H23NO2. The van der Waals surface area contributed by atoms with Gasteiger partial charge >= 0.3 is 0 Å². The van der Waals surface area contributed by atoms with Gasteiger partial charge in [0, 0.05) is 6.54 Å². The number of ether oxygens (including phenoxy) is 2. The van der Waals surface area contributed by atoms with Crippen molar-refractivity contribution in [3.8, 4) is 5.75 Å². The summed E-state index contributed by atoms with van der Waals surface area (Å²) in [5.41, 5.74) is 2.46. The highest BCUT2D eigenvalue weighted by atomic mass is 16.5. The molecule has 1 aromatic carbocycles. The van der Waals surface area contributed by atoms with Crippen LogP contribution in [0.5, 0.6) is 5.75 Å². The van der Waals surface area contributed by atoms with Crippen LogP contribution in [0.1, 0.15) is 37.9 Å². The van der Waals surface area contributed by atoms with Crippen LogP contribution < -0.4 is 10.1 Å². The van der Waals surface area contributed by atoms with Crippen LogP contribution in [0.3, 0.4) is 0 Å². The molecule has 0 aliphatic carbocycles. The molecule has 1 fully saturated rings. The largest absolute Gasteiger partial charge is 0.491 e. The van der Waals surface area contributed by atoms with Gasteiger partial charge in [0.15, 0.2) is 0 Å². The molecular weight excluding hydrogens is 226 g/mol. The zero-order chi connectivity index (χ0) is 13.1. The number of aryl methyl sites for hydroxylation is 1. The van der Waals surface area contributed by atoms with Crippen molar-refractivity contribution < 1.29 is 9.47 Å². The number of hydrogen-bond donors (Lipinski definition) is 1. The fourth-order valence-corrected chi connectivity index (χ4v) is 2.18. The molecule has 0 aromatic heterocycles. The highest BCUT2D eigenvalue weighted by Gasteiger charge is 2.19. The number of rotatable bonds is 3. The summed E-state index contributed by atoms with van der Waals surface area (Å²) in [4.78, 5) is 0. The van der Waals surface area contributed by atoms with Crippen molar-refractivity contribution in [3.05, 3.63) is 29.3 Å². The molecule has 1 saturated heterocycles. The first kappa shape index (κ1) is 13.4. The van der Waals surface area contributed by atoms with Crippen molar-refractivity contribution in [1.29, 1.82) is 0 Å². The van der Waals surface area contributed by atoms with E-state index in [1.165, 1.54) is 11.1 Å². The van der Waals surface area contributed by atoms with Crippen molar-refractivity contribution in [2.45, 2.75) is 45.9 Å². The minimum atomic E-state index is 0.214. The highest BCUT2D eigenvalue weighted by Crippen LogP contribution is 2.25. The van der Waals surface area contributed by atoms with E-state index < -0.39 is 0 Å². The van der Waals surface area contributed by atoms with Crippen LogP contribution in [0, 0.1) is 6.92 Å². The van der Waals surface area contributed by atoms with Crippen molar-refractivity contribution in [3.63, 3.8) is 0 Å². The summed E-state index contributed by atoms with van der Waals surface area (Å²) in [6, 6.07) is 6.67. The van der Waals surface area contributed by atoms with Crippen LogP contribution in [0.25, 0.3) is 0 Å². The van der Waals surface area contributed by atoms with Crippen LogP contribution in [0.15, 0.2) is 18.2 Å². The maximum Gasteiger partial charge on any atom is 0.122 e. The molecule has 1 aliphatic rings. The van der Waals surface area contributed by atoms with Gasteiger partial charge in [-0.25, -0.2) is 0 Å². The van der Waals surface area contributed by atoms with E-state index in [9.17, 15) is 0 Å². The van der Waals surface area contributed by atoms with Gasteiger partial charge in [0.25, 0.3) is 0 Å². The number of nitrogens with one attached hydrogen (secondary N) is 1. The molecule has 0 spiro atoms. The molecule has 0 amide bonds. The number of morpholine rings is 1. The second-order valence-electron chi connectivity index (χ2n) is 5.30. The summed E-state index contributed by atoms with van der Waals surface area (Å²) < 4.78 is 11.4. The van der Waals surface area contributed by atoms with Crippen molar-refractivity contribution >= 4 is 0 Å². The van der Waals surface area contributed by atoms with Gasteiger partial charge < -0.3 is 14.8 Å². The molecule has 100 valence electrons. The second-order valence-corrected chi connectivity index (χ2v) is 5.30. The molecule has 0 saturated carbocycles. The van der Waals surface area contributed by atoms with Crippen LogP contribution in [0.2, 0.25) is 0 Å². The molecule has 1 aliphatic heterocycles. The normalized spacial score (nSPS) is 24.3. The van der Waals surface area contributed by atoms with Crippen LogP contribution in [0.4, 0.5) is 0 Å². The van der Waals surface area contributed by atoms with E-state index in [4.69, 9.17) is 9.47 Å². The lowest BCUT2D eigenvalue weighted by molar-refractivity contribution is 0.0149. The van der Waals surface area contributed by atoms with Gasteiger partial charge in [-0.05, 0) is 44.9 Å². The Hall–Kier alpha value is -1.06. The molecule has 1 heterocycles. The molecule has 0 radical (unpaired) electrons. The standard InChI is InChI=1S/C15H23NO2/c1-10(2)18-15-6-5-13(7-11(15)3)14-9-17-12(4)8-16-14/h5-7,10,12,14,16H,8-9H2,1-4H3. The van der Waals surface area contributed by atoms with Crippen molar-refractivity contribution in [2.75, 3.05) is 13.2 Å². The molecule has 2 rings (SSSR count). The fraction of sp³-hybridized carbons (Fsp3) is 0.600. The first-order valence-electron chi connectivity index (χ1n) is 6.68. The molecule has 1 aromatic rings. The summed E-state index contributed by atoms with van der Waals surface area (Å²) in [6.07, 6.45) is 0.525. The summed E-state index contributed by atoms with van der Waals surface area (Å²) in [5, 5.41) is 3.51. The maximum atomic E-state index is 5.75. The minimum absolute atomic E-state index is 0.214. The molecule has 18 heavy (non-hydrogen) atoms. The average Bonchev–Trinajstić information content (AvgIpc) is 2.32. The zero-order valence-corrected chi connectivity index (χ0v) is 11.7. The third-order valence-corrected chi connectivity index (χ3v) is 3.16. The minimum Gasteiger partial charge on any atom is -0.491 e. The van der Waals surface area contributed by atoms with Gasteiger partial charge in [-0.15, -0.1) is 0 Å². The topological polar surface area (TPSA) is 30.5 Å². The summed E-state index contributed by atoms with van der Waals surface area (Å²) in [6.45, 7) is 9.93. The van der Waals surface area contributed by atoms with Gasteiger partial charge in [-0.2, -0.15) is 0 Å². The molecule has 3 nitrogen and oxygen atoms in total. The lowest BCUT2D eigenvalue weighted by Crippen LogP contribution is -2.39. The fourth-order valence-electron chi connectivity index (χ4n) is 2.18. The molecule has 2 atom stereocenters. The number of hydrogen-bond acceptors (Lipinski definition) is 3. The summed E-state index contributed by atoms with van der Waals surface area (Å²) >= 11 is 0. The Kier molecular flexibility index (Phi) is 4.25. The Labute approximate surface area is 109 Å². The lowest BCUT2D eigenvalue weighted by atomic mass is 10.0. The Morgan fingerprint density at radius 2 is 2.17 bits per heavy atom. The zero-order valence-electron chi connectivity index (χ0n) is 11.7. The molecule has 0 bridgehead atoms. The Balaban J connectivity index is 2.08. The summed E-state index contributed by atoms with van der Waals surface area (Å²) in [5.74, 6) is 0.971. The second kappa shape index (κ2) is 5.72. The molecule has 1 N–H and O–H groups in total. The molecule has 2 unspecified atom stereocenters. The Morgan fingerprint density at radius 1 is 1.39 bits per heavy atom. The predicted octanol–water partition coefficient (Wildman–Crippen LogP) is 2.83. The van der Waals surface area contributed by atoms with Crippen LogP contribution in [-0.4, -0.2) is 25.4 Å². The van der Waals surface area contributed by atoms with E-state index in [1.54, 1.807) is 0 Å². The first-order valence-corrected chi connectivity index (χ1v) is 6.68. The lowest BCUT2D eigenvalue weighted by Gasteiger charge is -2.29. The predicted molar refractivity (Wildman–Crippen MR) is 73.1 cm³/mol. The van der Waals surface area contributed by atoms with Gasteiger partial charge in [-0.3, -0.25) is 0 Å². The third-order valence-electron chi connectivity index (χ3n) is 3.16. The van der Waals surface area contributed by atoms with E-state index in [1.807, 2.05) is 13.8 Å². The van der Waals surface area contributed by atoms with Crippen LogP contribution >= 0.6 is 0 Å².